The predicted octanol–water partition coefficient (Wildman–Crippen LogP) is 1.25. The molecule has 1 amide bonds. The van der Waals surface area contributed by atoms with Gasteiger partial charge in [0.1, 0.15) is 0 Å². The molecule has 23 heavy (non-hydrogen) atoms. The van der Waals surface area contributed by atoms with Gasteiger partial charge in [-0.2, -0.15) is 0 Å². The molecule has 0 aliphatic carbocycles. The maximum absolute atomic E-state index is 12.2. The van der Waals surface area contributed by atoms with E-state index in [1.54, 1.807) is 12.3 Å². The van der Waals surface area contributed by atoms with Crippen molar-refractivity contribution in [2.75, 3.05) is 13.2 Å². The molecule has 0 aliphatic heterocycles. The van der Waals surface area contributed by atoms with Crippen LogP contribution in [-0.2, 0) is 16.1 Å². The Morgan fingerprint density at radius 3 is 2.74 bits per heavy atom. The second-order valence-electron chi connectivity index (χ2n) is 5.71. The van der Waals surface area contributed by atoms with Crippen molar-refractivity contribution in [2.45, 2.75) is 39.7 Å². The molecule has 128 valence electrons. The number of carboxylic acids is 1. The molecule has 1 rings (SSSR count). The summed E-state index contributed by atoms with van der Waals surface area (Å²) < 4.78 is 6.74. The van der Waals surface area contributed by atoms with Crippen LogP contribution in [-0.4, -0.2) is 34.7 Å². The largest absolute Gasteiger partial charge is 0.481 e. The number of carbonyl (C=O) groups excluding carboxylic acids is 1. The Bertz CT molecular complexity index is 580. The van der Waals surface area contributed by atoms with Gasteiger partial charge in [-0.05, 0) is 30.9 Å². The minimum atomic E-state index is -0.846. The van der Waals surface area contributed by atoms with E-state index in [4.69, 9.17) is 9.84 Å². The Labute approximate surface area is 135 Å². The minimum absolute atomic E-state index is 0.0843. The second kappa shape index (κ2) is 9.66. The number of nitrogens with zero attached hydrogens (tertiary/aromatic N) is 1. The number of ether oxygens (including phenoxy) is 1. The number of amides is 1. The van der Waals surface area contributed by atoms with Crippen molar-refractivity contribution in [3.63, 3.8) is 0 Å². The Hall–Kier alpha value is -2.31. The first-order chi connectivity index (χ1) is 10.9. The molecule has 7 heteroatoms. The van der Waals surface area contributed by atoms with E-state index in [-0.39, 0.29) is 30.2 Å². The Morgan fingerprint density at radius 1 is 1.35 bits per heavy atom. The van der Waals surface area contributed by atoms with Gasteiger partial charge in [0, 0.05) is 25.7 Å². The van der Waals surface area contributed by atoms with Crippen LogP contribution in [0.25, 0.3) is 0 Å². The molecule has 0 fully saturated rings. The number of pyridine rings is 1. The molecule has 0 aromatic carbocycles. The molecule has 0 saturated heterocycles. The highest BCUT2D eigenvalue weighted by atomic mass is 16.5. The number of nitrogens with one attached hydrogen (secondary N) is 1. The van der Waals surface area contributed by atoms with Crippen LogP contribution in [0, 0.1) is 5.92 Å². The van der Waals surface area contributed by atoms with E-state index in [0.29, 0.717) is 31.8 Å². The summed E-state index contributed by atoms with van der Waals surface area (Å²) in [6.07, 6.45) is 2.80. The number of aliphatic carboxylic acids is 1. The van der Waals surface area contributed by atoms with Crippen LogP contribution in [0.3, 0.4) is 0 Å². The molecular weight excluding hydrogens is 300 g/mol. The molecule has 1 aromatic heterocycles. The number of hydrogen-bond acceptors (Lipinski definition) is 4. The lowest BCUT2D eigenvalue weighted by Crippen LogP contribution is -2.33. The number of carboxylic acid groups (broad SMARTS) is 1. The summed E-state index contributed by atoms with van der Waals surface area (Å²) in [6.45, 7) is 4.75. The van der Waals surface area contributed by atoms with Gasteiger partial charge in [0.2, 0.25) is 0 Å². The Balaban J connectivity index is 2.50. The monoisotopic (exact) mass is 324 g/mol. The highest BCUT2D eigenvalue weighted by Gasteiger charge is 2.08. The fourth-order valence-corrected chi connectivity index (χ4v) is 1.87. The van der Waals surface area contributed by atoms with Gasteiger partial charge in [-0.3, -0.25) is 14.4 Å². The topological polar surface area (TPSA) is 97.6 Å². The second-order valence-corrected chi connectivity index (χ2v) is 5.71. The van der Waals surface area contributed by atoms with E-state index < -0.39 is 5.97 Å². The number of unbranched alkanes of at least 4 members (excludes halogenated alkanes) is 1. The fraction of sp³-hybridized carbons (Fsp3) is 0.562. The number of aryl methyl sites for hydroxylation is 1. The number of carbonyl (C=O) groups is 2. The van der Waals surface area contributed by atoms with Gasteiger partial charge in [-0.25, -0.2) is 0 Å². The third-order valence-corrected chi connectivity index (χ3v) is 3.09. The zero-order chi connectivity index (χ0) is 17.2. The van der Waals surface area contributed by atoms with Gasteiger partial charge in [0.05, 0.1) is 0 Å². The first-order valence-corrected chi connectivity index (χ1v) is 7.71. The van der Waals surface area contributed by atoms with Crippen molar-refractivity contribution in [1.29, 1.82) is 0 Å². The summed E-state index contributed by atoms with van der Waals surface area (Å²) >= 11 is 0. The van der Waals surface area contributed by atoms with E-state index in [1.165, 1.54) is 10.6 Å². The maximum Gasteiger partial charge on any atom is 0.303 e. The van der Waals surface area contributed by atoms with E-state index in [0.717, 1.165) is 0 Å². The van der Waals surface area contributed by atoms with Crippen molar-refractivity contribution in [2.24, 2.45) is 5.92 Å². The number of hydrogen-bond donors (Lipinski definition) is 2. The third kappa shape index (κ3) is 7.49. The van der Waals surface area contributed by atoms with Crippen LogP contribution < -0.4 is 15.6 Å². The molecule has 1 aromatic rings. The molecule has 0 saturated carbocycles. The van der Waals surface area contributed by atoms with Gasteiger partial charge in [-0.15, -0.1) is 0 Å². The molecule has 2 N–H and O–H groups in total. The van der Waals surface area contributed by atoms with Gasteiger partial charge in [-0.1, -0.05) is 13.8 Å². The average molecular weight is 324 g/mol. The van der Waals surface area contributed by atoms with E-state index in [1.807, 2.05) is 13.8 Å². The molecule has 0 bridgehead atoms. The average Bonchev–Trinajstić information content (AvgIpc) is 2.49. The summed E-state index contributed by atoms with van der Waals surface area (Å²) in [5.74, 6) is -0.652. The molecule has 0 radical (unpaired) electrons. The minimum Gasteiger partial charge on any atom is -0.481 e. The highest BCUT2D eigenvalue weighted by molar-refractivity contribution is 5.77. The van der Waals surface area contributed by atoms with Gasteiger partial charge >= 0.3 is 5.97 Å². The maximum atomic E-state index is 12.2. The van der Waals surface area contributed by atoms with Gasteiger partial charge < -0.3 is 19.7 Å². The van der Waals surface area contributed by atoms with Crippen LogP contribution in [0.4, 0.5) is 0 Å². The summed E-state index contributed by atoms with van der Waals surface area (Å²) in [7, 11) is 0. The zero-order valence-corrected chi connectivity index (χ0v) is 13.6. The lowest BCUT2D eigenvalue weighted by molar-refractivity contribution is -0.137. The first-order valence-electron chi connectivity index (χ1n) is 7.71. The Kier molecular flexibility index (Phi) is 7.87. The van der Waals surface area contributed by atoms with Crippen molar-refractivity contribution in [1.82, 2.24) is 9.88 Å². The molecular formula is C16H24N2O5. The van der Waals surface area contributed by atoms with Gasteiger partial charge in [0.25, 0.3) is 11.5 Å². The number of rotatable bonds is 10. The lowest BCUT2D eigenvalue weighted by Gasteiger charge is -2.10. The number of aromatic nitrogens is 1. The van der Waals surface area contributed by atoms with Crippen molar-refractivity contribution in [3.05, 3.63) is 28.7 Å². The van der Waals surface area contributed by atoms with Crippen LogP contribution in [0.5, 0.6) is 5.75 Å². The normalized spacial score (nSPS) is 10.6. The van der Waals surface area contributed by atoms with Crippen LogP contribution in [0.15, 0.2) is 23.1 Å². The smallest absolute Gasteiger partial charge is 0.303 e. The summed E-state index contributed by atoms with van der Waals surface area (Å²) in [6, 6.07) is 3.19. The summed E-state index contributed by atoms with van der Waals surface area (Å²) in [5, 5.41) is 11.3. The molecule has 0 spiro atoms. The van der Waals surface area contributed by atoms with Crippen LogP contribution in [0.1, 0.15) is 33.1 Å². The van der Waals surface area contributed by atoms with E-state index in [2.05, 4.69) is 5.32 Å². The molecule has 0 atom stereocenters. The molecule has 0 unspecified atom stereocenters. The van der Waals surface area contributed by atoms with E-state index >= 15 is 0 Å². The van der Waals surface area contributed by atoms with Crippen molar-refractivity contribution in [3.8, 4) is 5.75 Å². The van der Waals surface area contributed by atoms with Crippen molar-refractivity contribution >= 4 is 11.9 Å². The standard InChI is InChI=1S/C16H24N2O5/c1-12(2)10-17-14(19)11-23-13-6-5-9-18(16(13)22)8-4-3-7-15(20)21/h5-6,9,12H,3-4,7-8,10-11H2,1-2H3,(H,17,19)(H,20,21). The van der Waals surface area contributed by atoms with Crippen molar-refractivity contribution < 1.29 is 19.4 Å². The predicted molar refractivity (Wildman–Crippen MR) is 85.5 cm³/mol. The summed E-state index contributed by atoms with van der Waals surface area (Å²) in [4.78, 5) is 34.2. The summed E-state index contributed by atoms with van der Waals surface area (Å²) in [5.41, 5.74) is -0.320. The van der Waals surface area contributed by atoms with Crippen LogP contribution >= 0.6 is 0 Å². The van der Waals surface area contributed by atoms with Gasteiger partial charge in [0.15, 0.2) is 12.4 Å². The molecule has 1 heterocycles. The van der Waals surface area contributed by atoms with Crippen LogP contribution in [0.2, 0.25) is 0 Å². The lowest BCUT2D eigenvalue weighted by atomic mass is 10.2. The zero-order valence-electron chi connectivity index (χ0n) is 13.6. The van der Waals surface area contributed by atoms with E-state index in [9.17, 15) is 14.4 Å². The SMILES string of the molecule is CC(C)CNC(=O)COc1cccn(CCCCC(=O)O)c1=O. The third-order valence-electron chi connectivity index (χ3n) is 3.09. The molecule has 7 nitrogen and oxygen atoms in total. The fourth-order valence-electron chi connectivity index (χ4n) is 1.87. The first kappa shape index (κ1) is 18.7. The highest BCUT2D eigenvalue weighted by Crippen LogP contribution is 2.04. The quantitative estimate of drug-likeness (QED) is 0.631. The molecule has 0 aliphatic rings. The Morgan fingerprint density at radius 2 is 2.09 bits per heavy atom.